The van der Waals surface area contributed by atoms with Crippen LogP contribution in [0.25, 0.3) is 0 Å². The van der Waals surface area contributed by atoms with Crippen molar-refractivity contribution in [1.82, 2.24) is 5.32 Å². The van der Waals surface area contributed by atoms with Crippen molar-refractivity contribution in [2.45, 2.75) is 63.3 Å². The van der Waals surface area contributed by atoms with E-state index in [1.807, 2.05) is 0 Å². The highest BCUT2D eigenvalue weighted by atomic mass is 32.2. The van der Waals surface area contributed by atoms with Crippen LogP contribution in [0.5, 0.6) is 0 Å². The van der Waals surface area contributed by atoms with Crippen molar-refractivity contribution in [3.8, 4) is 0 Å². The predicted octanol–water partition coefficient (Wildman–Crippen LogP) is 1.75. The summed E-state index contributed by atoms with van der Waals surface area (Å²) in [5.74, 6) is 0. The van der Waals surface area contributed by atoms with Gasteiger partial charge in [0.15, 0.2) is 9.84 Å². The van der Waals surface area contributed by atoms with Crippen molar-refractivity contribution in [3.05, 3.63) is 0 Å². The van der Waals surface area contributed by atoms with Crippen LogP contribution in [-0.2, 0) is 14.6 Å². The fourth-order valence-corrected chi connectivity index (χ4v) is 2.46. The van der Waals surface area contributed by atoms with Gasteiger partial charge >= 0.3 is 0 Å². The first-order chi connectivity index (χ1) is 8.26. The first kappa shape index (κ1) is 15.9. The van der Waals surface area contributed by atoms with Crippen LogP contribution in [0.15, 0.2) is 0 Å². The maximum Gasteiger partial charge on any atom is 0.153 e. The smallest absolute Gasteiger partial charge is 0.153 e. The van der Waals surface area contributed by atoms with Crippen LogP contribution in [0.3, 0.4) is 0 Å². The lowest BCUT2D eigenvalue weighted by atomic mass is 9.99. The monoisotopic (exact) mass is 277 g/mol. The molecule has 4 nitrogen and oxygen atoms in total. The summed E-state index contributed by atoms with van der Waals surface area (Å²) in [5, 5.41) is 3.40. The lowest BCUT2D eigenvalue weighted by Crippen LogP contribution is -2.47. The Morgan fingerprint density at radius 1 is 1.39 bits per heavy atom. The molecule has 1 aliphatic heterocycles. The van der Waals surface area contributed by atoms with Gasteiger partial charge in [-0.25, -0.2) is 8.42 Å². The van der Waals surface area contributed by atoms with Gasteiger partial charge in [0.1, 0.15) is 0 Å². The summed E-state index contributed by atoms with van der Waals surface area (Å²) < 4.78 is 28.2. The summed E-state index contributed by atoms with van der Waals surface area (Å²) in [7, 11) is -3.02. The van der Waals surface area contributed by atoms with Crippen LogP contribution >= 0.6 is 0 Å². The van der Waals surface area contributed by atoms with Gasteiger partial charge in [-0.1, -0.05) is 13.3 Å². The predicted molar refractivity (Wildman–Crippen MR) is 74.6 cm³/mol. The van der Waals surface area contributed by atoms with Gasteiger partial charge in [-0.15, -0.1) is 0 Å². The van der Waals surface area contributed by atoms with E-state index in [-0.39, 0.29) is 0 Å². The van der Waals surface area contributed by atoms with Gasteiger partial charge in [0.25, 0.3) is 0 Å². The molecule has 2 unspecified atom stereocenters. The number of nitrogens with one attached hydrogen (secondary N) is 1. The molecule has 1 rings (SSSR count). The number of hydrogen-bond acceptors (Lipinski definition) is 4. The number of ether oxygens (including phenoxy) is 1. The number of rotatable bonds is 6. The van der Waals surface area contributed by atoms with Crippen molar-refractivity contribution in [2.24, 2.45) is 0 Å². The maximum absolute atomic E-state index is 11.6. The molecular weight excluding hydrogens is 250 g/mol. The fraction of sp³-hybridized carbons (Fsp3) is 1.00. The minimum atomic E-state index is -3.02. The molecule has 0 aromatic heterocycles. The van der Waals surface area contributed by atoms with Crippen LogP contribution in [0, 0.1) is 0 Å². The van der Waals surface area contributed by atoms with E-state index in [1.165, 1.54) is 6.26 Å². The molecule has 0 amide bonds. The molecule has 1 N–H and O–H groups in total. The van der Waals surface area contributed by atoms with E-state index in [1.54, 1.807) is 13.8 Å². The van der Waals surface area contributed by atoms with E-state index in [9.17, 15) is 8.42 Å². The Balaban J connectivity index is 2.44. The SMILES string of the molecule is CCCC1CC(NCC(C)(C)S(C)(=O)=O)CCO1. The molecule has 1 heterocycles. The van der Waals surface area contributed by atoms with Crippen molar-refractivity contribution in [3.63, 3.8) is 0 Å². The second-order valence-corrected chi connectivity index (χ2v) is 8.57. The summed E-state index contributed by atoms with van der Waals surface area (Å²) in [4.78, 5) is 0. The van der Waals surface area contributed by atoms with Gasteiger partial charge in [0, 0.05) is 25.4 Å². The summed E-state index contributed by atoms with van der Waals surface area (Å²) in [6.07, 6.45) is 5.83. The van der Waals surface area contributed by atoms with Crippen molar-refractivity contribution in [2.75, 3.05) is 19.4 Å². The Kier molecular flexibility index (Phi) is 5.62. The third kappa shape index (κ3) is 4.52. The van der Waals surface area contributed by atoms with Crippen LogP contribution in [-0.4, -0.2) is 44.7 Å². The molecule has 1 aliphatic rings. The van der Waals surface area contributed by atoms with E-state index < -0.39 is 14.6 Å². The number of hydrogen-bond donors (Lipinski definition) is 1. The highest BCUT2D eigenvalue weighted by Gasteiger charge is 2.31. The Hall–Kier alpha value is -0.130. The topological polar surface area (TPSA) is 55.4 Å². The third-order valence-corrected chi connectivity index (χ3v) is 5.95. The largest absolute Gasteiger partial charge is 0.378 e. The molecule has 1 fully saturated rings. The summed E-state index contributed by atoms with van der Waals surface area (Å²) in [6, 6.07) is 0.385. The van der Waals surface area contributed by atoms with Gasteiger partial charge in [-0.3, -0.25) is 0 Å². The second kappa shape index (κ2) is 6.35. The Bertz CT molecular complexity index is 349. The zero-order chi connectivity index (χ0) is 13.8. The van der Waals surface area contributed by atoms with Crippen molar-refractivity contribution < 1.29 is 13.2 Å². The summed E-state index contributed by atoms with van der Waals surface area (Å²) in [6.45, 7) is 7.00. The van der Waals surface area contributed by atoms with Gasteiger partial charge < -0.3 is 10.1 Å². The van der Waals surface area contributed by atoms with Gasteiger partial charge in [0.2, 0.25) is 0 Å². The Morgan fingerprint density at radius 2 is 2.06 bits per heavy atom. The van der Waals surface area contributed by atoms with Crippen LogP contribution < -0.4 is 5.32 Å². The molecule has 2 atom stereocenters. The lowest BCUT2D eigenvalue weighted by molar-refractivity contribution is -0.00334. The molecule has 0 spiro atoms. The minimum Gasteiger partial charge on any atom is -0.378 e. The third-order valence-electron chi connectivity index (χ3n) is 3.80. The van der Waals surface area contributed by atoms with Gasteiger partial charge in [-0.05, 0) is 33.1 Å². The molecule has 0 radical (unpaired) electrons. The maximum atomic E-state index is 11.6. The molecule has 0 aromatic rings. The van der Waals surface area contributed by atoms with E-state index in [2.05, 4.69) is 12.2 Å². The van der Waals surface area contributed by atoms with Crippen molar-refractivity contribution >= 4 is 9.84 Å². The van der Waals surface area contributed by atoms with E-state index in [0.29, 0.717) is 18.7 Å². The molecule has 1 saturated heterocycles. The fourth-order valence-electron chi connectivity index (χ4n) is 2.11. The normalized spacial score (nSPS) is 26.2. The molecule has 5 heteroatoms. The van der Waals surface area contributed by atoms with E-state index >= 15 is 0 Å². The molecule has 18 heavy (non-hydrogen) atoms. The van der Waals surface area contributed by atoms with E-state index in [4.69, 9.17) is 4.74 Å². The molecule has 108 valence electrons. The standard InChI is InChI=1S/C13H27NO3S/c1-5-6-12-9-11(7-8-17-12)14-10-13(2,3)18(4,15)16/h11-12,14H,5-10H2,1-4H3. The molecule has 0 aromatic carbocycles. The Morgan fingerprint density at radius 3 is 2.61 bits per heavy atom. The van der Waals surface area contributed by atoms with Crippen LogP contribution in [0.1, 0.15) is 46.5 Å². The minimum absolute atomic E-state index is 0.336. The lowest BCUT2D eigenvalue weighted by Gasteiger charge is -2.32. The number of sulfone groups is 1. The molecule has 0 aliphatic carbocycles. The first-order valence-corrected chi connectivity index (χ1v) is 8.70. The first-order valence-electron chi connectivity index (χ1n) is 6.81. The average molecular weight is 277 g/mol. The zero-order valence-electron chi connectivity index (χ0n) is 12.0. The highest BCUT2D eigenvalue weighted by molar-refractivity contribution is 7.92. The summed E-state index contributed by atoms with van der Waals surface area (Å²) in [5.41, 5.74) is 0. The molecule has 0 bridgehead atoms. The van der Waals surface area contributed by atoms with Crippen molar-refractivity contribution in [1.29, 1.82) is 0 Å². The summed E-state index contributed by atoms with van der Waals surface area (Å²) >= 11 is 0. The average Bonchev–Trinajstić information content (AvgIpc) is 2.26. The second-order valence-electron chi connectivity index (χ2n) is 5.92. The Labute approximate surface area is 111 Å². The van der Waals surface area contributed by atoms with Crippen LogP contribution in [0.2, 0.25) is 0 Å². The molecule has 0 saturated carbocycles. The quantitative estimate of drug-likeness (QED) is 0.803. The van der Waals surface area contributed by atoms with Crippen LogP contribution in [0.4, 0.5) is 0 Å². The van der Waals surface area contributed by atoms with Gasteiger partial charge in [-0.2, -0.15) is 0 Å². The highest BCUT2D eigenvalue weighted by Crippen LogP contribution is 2.19. The van der Waals surface area contributed by atoms with Gasteiger partial charge in [0.05, 0.1) is 10.9 Å². The van der Waals surface area contributed by atoms with E-state index in [0.717, 1.165) is 32.3 Å². The zero-order valence-corrected chi connectivity index (χ0v) is 12.8. The molecular formula is C13H27NO3S.